The van der Waals surface area contributed by atoms with Crippen LogP contribution < -0.4 is 10.1 Å². The van der Waals surface area contributed by atoms with E-state index in [4.69, 9.17) is 4.74 Å². The number of amides is 1. The van der Waals surface area contributed by atoms with Crippen LogP contribution in [-0.2, 0) is 28.6 Å². The largest absolute Gasteiger partial charge is 0.493 e. The van der Waals surface area contributed by atoms with Crippen molar-refractivity contribution in [2.24, 2.45) is 5.92 Å². The highest BCUT2D eigenvalue weighted by Gasteiger charge is 2.25. The Balaban J connectivity index is 1.44. The van der Waals surface area contributed by atoms with Gasteiger partial charge in [0.15, 0.2) is 0 Å². The van der Waals surface area contributed by atoms with Crippen LogP contribution in [-0.4, -0.2) is 62.1 Å². The van der Waals surface area contributed by atoms with Crippen LogP contribution >= 0.6 is 0 Å². The van der Waals surface area contributed by atoms with E-state index in [0.29, 0.717) is 12.5 Å². The number of hydrogen-bond acceptors (Lipinski definition) is 4. The lowest BCUT2D eigenvalue weighted by Gasteiger charge is -2.30. The SMILES string of the molecule is CN1CCC(COc2ccc(C(C)(C)Cc3cc(CN4CCNC(=O)C4)cc(C(C)(C)C)c3)cc2)CC1. The van der Waals surface area contributed by atoms with Crippen LogP contribution in [0.15, 0.2) is 42.5 Å². The number of likely N-dealkylation sites (tertiary alicyclic amines) is 1. The van der Waals surface area contributed by atoms with Gasteiger partial charge in [0.2, 0.25) is 5.91 Å². The lowest BCUT2D eigenvalue weighted by atomic mass is 9.77. The third-order valence-electron chi connectivity index (χ3n) is 8.05. The summed E-state index contributed by atoms with van der Waals surface area (Å²) < 4.78 is 6.16. The molecule has 0 bridgehead atoms. The summed E-state index contributed by atoms with van der Waals surface area (Å²) in [5.41, 5.74) is 5.40. The molecule has 2 aliphatic rings. The lowest BCUT2D eigenvalue weighted by molar-refractivity contribution is -0.124. The summed E-state index contributed by atoms with van der Waals surface area (Å²) in [5, 5.41) is 2.93. The minimum absolute atomic E-state index is 0.00866. The molecule has 2 saturated heterocycles. The number of ether oxygens (including phenoxy) is 1. The van der Waals surface area contributed by atoms with Crippen molar-refractivity contribution in [1.82, 2.24) is 15.1 Å². The molecule has 1 amide bonds. The maximum atomic E-state index is 11.9. The van der Waals surface area contributed by atoms with Crippen LogP contribution in [0.2, 0.25) is 0 Å². The molecule has 4 rings (SSSR count). The monoisotopic (exact) mass is 505 g/mol. The number of nitrogens with zero attached hydrogens (tertiary/aromatic N) is 2. The van der Waals surface area contributed by atoms with Gasteiger partial charge in [-0.3, -0.25) is 9.69 Å². The standard InChI is InChI=1S/C32H47N3O2/c1-31(2,3)28-18-25(17-26(19-28)21-35-16-13-33-30(36)22-35)20-32(4,5)27-7-9-29(10-8-27)37-23-24-11-14-34(6)15-12-24/h7-10,17-19,24H,11-16,20-23H2,1-6H3,(H,33,36). The summed E-state index contributed by atoms with van der Waals surface area (Å²) in [4.78, 5) is 16.5. The highest BCUT2D eigenvalue weighted by molar-refractivity contribution is 5.78. The van der Waals surface area contributed by atoms with Gasteiger partial charge in [0.05, 0.1) is 13.2 Å². The van der Waals surface area contributed by atoms with Crippen molar-refractivity contribution >= 4 is 5.91 Å². The Labute approximate surface area is 224 Å². The quantitative estimate of drug-likeness (QED) is 0.539. The van der Waals surface area contributed by atoms with Crippen LogP contribution in [0, 0.1) is 5.92 Å². The highest BCUT2D eigenvalue weighted by atomic mass is 16.5. The Kier molecular flexibility index (Phi) is 8.65. The number of rotatable bonds is 8. The van der Waals surface area contributed by atoms with E-state index in [2.05, 4.69) is 99.2 Å². The van der Waals surface area contributed by atoms with E-state index in [-0.39, 0.29) is 16.7 Å². The number of carbonyl (C=O) groups excluding carboxylic acids is 1. The van der Waals surface area contributed by atoms with Crippen LogP contribution in [0.4, 0.5) is 0 Å². The van der Waals surface area contributed by atoms with E-state index in [0.717, 1.165) is 38.4 Å². The lowest BCUT2D eigenvalue weighted by Crippen LogP contribution is -2.47. The topological polar surface area (TPSA) is 44.8 Å². The molecule has 0 spiro atoms. The van der Waals surface area contributed by atoms with E-state index < -0.39 is 0 Å². The van der Waals surface area contributed by atoms with Crippen molar-refractivity contribution in [2.45, 2.75) is 71.3 Å². The molecule has 2 aromatic rings. The third kappa shape index (κ3) is 7.81. The van der Waals surface area contributed by atoms with Crippen molar-refractivity contribution in [3.63, 3.8) is 0 Å². The molecule has 2 aliphatic heterocycles. The zero-order valence-electron chi connectivity index (χ0n) is 23.9. The molecule has 5 nitrogen and oxygen atoms in total. The fourth-order valence-electron chi connectivity index (χ4n) is 5.53. The zero-order chi connectivity index (χ0) is 26.6. The molecule has 0 unspecified atom stereocenters. The van der Waals surface area contributed by atoms with Crippen LogP contribution in [0.1, 0.15) is 69.7 Å². The van der Waals surface area contributed by atoms with Gasteiger partial charge < -0.3 is 15.0 Å². The Morgan fingerprint density at radius 2 is 1.59 bits per heavy atom. The summed E-state index contributed by atoms with van der Waals surface area (Å²) in [6.07, 6.45) is 3.41. The van der Waals surface area contributed by atoms with Crippen LogP contribution in [0.3, 0.4) is 0 Å². The predicted molar refractivity (Wildman–Crippen MR) is 152 cm³/mol. The summed E-state index contributed by atoms with van der Waals surface area (Å²) in [6.45, 7) is 17.6. The summed E-state index contributed by atoms with van der Waals surface area (Å²) >= 11 is 0. The smallest absolute Gasteiger partial charge is 0.234 e. The summed E-state index contributed by atoms with van der Waals surface area (Å²) in [5.74, 6) is 1.76. The molecular formula is C32H47N3O2. The van der Waals surface area contributed by atoms with E-state index in [1.54, 1.807) is 0 Å². The number of piperidine rings is 1. The molecule has 2 aromatic carbocycles. The average Bonchev–Trinajstić information content (AvgIpc) is 2.83. The van der Waals surface area contributed by atoms with Crippen LogP contribution in [0.5, 0.6) is 5.75 Å². The number of nitrogens with one attached hydrogen (secondary N) is 1. The number of hydrogen-bond donors (Lipinski definition) is 1. The average molecular weight is 506 g/mol. The van der Waals surface area contributed by atoms with E-state index in [9.17, 15) is 4.79 Å². The first-order chi connectivity index (χ1) is 17.5. The minimum Gasteiger partial charge on any atom is -0.493 e. The third-order valence-corrected chi connectivity index (χ3v) is 8.05. The maximum absolute atomic E-state index is 11.9. The molecule has 0 atom stereocenters. The van der Waals surface area contributed by atoms with Gasteiger partial charge in [-0.25, -0.2) is 0 Å². The Bertz CT molecular complexity index is 1050. The molecule has 2 heterocycles. The normalized spacial score (nSPS) is 18.6. The second-order valence-corrected chi connectivity index (χ2v) is 13.0. The first-order valence-electron chi connectivity index (χ1n) is 14.0. The van der Waals surface area contributed by atoms with Gasteiger partial charge in [0.1, 0.15) is 5.75 Å². The second kappa shape index (κ2) is 11.6. The molecule has 0 aromatic heterocycles. The van der Waals surface area contributed by atoms with Crippen molar-refractivity contribution in [1.29, 1.82) is 0 Å². The molecule has 37 heavy (non-hydrogen) atoms. The van der Waals surface area contributed by atoms with Gasteiger partial charge in [-0.15, -0.1) is 0 Å². The van der Waals surface area contributed by atoms with Crippen molar-refractivity contribution in [3.05, 3.63) is 64.7 Å². The van der Waals surface area contributed by atoms with Gasteiger partial charge in [-0.1, -0.05) is 65.0 Å². The Hall–Kier alpha value is -2.37. The van der Waals surface area contributed by atoms with E-state index in [1.165, 1.54) is 48.2 Å². The fourth-order valence-corrected chi connectivity index (χ4v) is 5.53. The van der Waals surface area contributed by atoms with Gasteiger partial charge in [0.25, 0.3) is 0 Å². The first-order valence-corrected chi connectivity index (χ1v) is 14.0. The van der Waals surface area contributed by atoms with Crippen molar-refractivity contribution in [2.75, 3.05) is 46.4 Å². The first kappa shape index (κ1) is 27.7. The summed E-state index contributed by atoms with van der Waals surface area (Å²) in [7, 11) is 2.20. The number of piperazine rings is 1. The van der Waals surface area contributed by atoms with Gasteiger partial charge in [0, 0.05) is 19.6 Å². The zero-order valence-corrected chi connectivity index (χ0v) is 23.9. The molecule has 5 heteroatoms. The number of carbonyl (C=O) groups is 1. The highest BCUT2D eigenvalue weighted by Crippen LogP contribution is 2.32. The molecule has 2 fully saturated rings. The van der Waals surface area contributed by atoms with E-state index >= 15 is 0 Å². The molecule has 1 N–H and O–H groups in total. The fraction of sp³-hybridized carbons (Fsp3) is 0.594. The molecule has 0 saturated carbocycles. The Morgan fingerprint density at radius 3 is 2.24 bits per heavy atom. The molecule has 202 valence electrons. The van der Waals surface area contributed by atoms with Crippen LogP contribution in [0.25, 0.3) is 0 Å². The Morgan fingerprint density at radius 1 is 0.919 bits per heavy atom. The predicted octanol–water partition coefficient (Wildman–Crippen LogP) is 5.16. The maximum Gasteiger partial charge on any atom is 0.234 e. The minimum atomic E-state index is -0.00866. The molecular weight excluding hydrogens is 458 g/mol. The van der Waals surface area contributed by atoms with Gasteiger partial charge in [-0.05, 0) is 90.5 Å². The van der Waals surface area contributed by atoms with Gasteiger partial charge >= 0.3 is 0 Å². The van der Waals surface area contributed by atoms with Gasteiger partial charge in [-0.2, -0.15) is 0 Å². The number of benzene rings is 2. The van der Waals surface area contributed by atoms with E-state index in [1.807, 2.05) is 0 Å². The van der Waals surface area contributed by atoms with Crippen molar-refractivity contribution in [3.8, 4) is 5.75 Å². The summed E-state index contributed by atoms with van der Waals surface area (Å²) in [6, 6.07) is 15.8. The second-order valence-electron chi connectivity index (χ2n) is 13.0. The molecule has 0 aliphatic carbocycles. The molecule has 0 radical (unpaired) electrons. The van der Waals surface area contributed by atoms with Crippen molar-refractivity contribution < 1.29 is 9.53 Å².